The molecule has 3 fully saturated rings. The molecule has 4 aliphatic carbocycles. The van der Waals surface area contributed by atoms with Crippen molar-refractivity contribution in [3.63, 3.8) is 0 Å². The van der Waals surface area contributed by atoms with Crippen molar-refractivity contribution in [2.24, 2.45) is 28.6 Å². The topological polar surface area (TPSA) is 63.6 Å². The van der Waals surface area contributed by atoms with Crippen LogP contribution in [0.15, 0.2) is 23.3 Å². The first-order valence-corrected chi connectivity index (χ1v) is 10.6. The van der Waals surface area contributed by atoms with Crippen molar-refractivity contribution in [2.75, 3.05) is 6.61 Å². The molecule has 5 aliphatic rings. The molecular formula is C23H30O4. The van der Waals surface area contributed by atoms with E-state index in [-0.39, 0.29) is 34.4 Å². The quantitative estimate of drug-likeness (QED) is 0.714. The maximum absolute atomic E-state index is 12.1. The second kappa shape index (κ2) is 5.56. The summed E-state index contributed by atoms with van der Waals surface area (Å²) >= 11 is 0. The molecule has 1 aliphatic heterocycles. The lowest BCUT2D eigenvalue weighted by molar-refractivity contribution is -0.181. The van der Waals surface area contributed by atoms with Gasteiger partial charge in [-0.05, 0) is 79.8 Å². The molecule has 0 bridgehead atoms. The molecular weight excluding hydrogens is 340 g/mol. The number of allylic oxidation sites excluding steroid dienone is 1. The summed E-state index contributed by atoms with van der Waals surface area (Å²) in [6.07, 6.45) is 10.9. The number of rotatable bonds is 1. The molecule has 0 aromatic carbocycles. The molecule has 6 atom stereocenters. The summed E-state index contributed by atoms with van der Waals surface area (Å²) in [5.74, 6) is 1.03. The third-order valence-electron chi connectivity index (χ3n) is 9.28. The normalized spacial score (nSPS) is 48.9. The molecule has 5 rings (SSSR count). The van der Waals surface area contributed by atoms with Crippen LogP contribution in [-0.4, -0.2) is 29.1 Å². The highest BCUT2D eigenvalue weighted by molar-refractivity contribution is 5.91. The van der Waals surface area contributed by atoms with Crippen LogP contribution in [0.25, 0.3) is 0 Å². The number of fused-ring (bicyclic) bond motifs is 5. The number of carbonyl (C=O) groups is 2. The van der Waals surface area contributed by atoms with Gasteiger partial charge in [-0.25, -0.2) is 4.79 Å². The van der Waals surface area contributed by atoms with E-state index >= 15 is 0 Å². The SMILES string of the molecule is C[C@]12CCC(=O)C=C1CC[C@@H]1[C@@H]2CC[C@]2(C)[C@@H](C3=CC(=O)OC3)CC[C@@]12O. The number of ether oxygens (including phenoxy) is 1. The second-order valence-corrected chi connectivity index (χ2v) is 10.1. The highest BCUT2D eigenvalue weighted by atomic mass is 16.5. The fourth-order valence-corrected chi connectivity index (χ4v) is 7.71. The van der Waals surface area contributed by atoms with Crippen LogP contribution in [0, 0.1) is 28.6 Å². The van der Waals surface area contributed by atoms with Gasteiger partial charge in [0.15, 0.2) is 5.78 Å². The molecule has 4 heteroatoms. The molecule has 0 amide bonds. The largest absolute Gasteiger partial charge is 0.458 e. The molecule has 4 nitrogen and oxygen atoms in total. The minimum absolute atomic E-state index is 0.0671. The molecule has 3 saturated carbocycles. The van der Waals surface area contributed by atoms with Crippen LogP contribution < -0.4 is 0 Å². The summed E-state index contributed by atoms with van der Waals surface area (Å²) < 4.78 is 5.19. The Morgan fingerprint density at radius 3 is 2.56 bits per heavy atom. The smallest absolute Gasteiger partial charge is 0.331 e. The molecule has 0 spiro atoms. The monoisotopic (exact) mass is 370 g/mol. The first kappa shape index (κ1) is 17.7. The van der Waals surface area contributed by atoms with Crippen LogP contribution in [0.1, 0.15) is 65.2 Å². The van der Waals surface area contributed by atoms with E-state index in [1.807, 2.05) is 6.08 Å². The van der Waals surface area contributed by atoms with E-state index in [1.54, 1.807) is 6.08 Å². The first-order valence-electron chi connectivity index (χ1n) is 10.6. The molecule has 0 radical (unpaired) electrons. The summed E-state index contributed by atoms with van der Waals surface area (Å²) in [6, 6.07) is 0. The standard InChI is InChI=1S/C23H30O4/c1-21-8-5-16(24)12-15(21)3-4-19-18(21)6-9-22(2)17(7-10-23(19,22)26)14-11-20(25)27-13-14/h11-12,17-19,26H,3-10,13H2,1-2H3/t17-,18+,19-,21+,22-,23-/m1/s1. The summed E-state index contributed by atoms with van der Waals surface area (Å²) in [6.45, 7) is 4.99. The summed E-state index contributed by atoms with van der Waals surface area (Å²) in [4.78, 5) is 23.6. The van der Waals surface area contributed by atoms with Gasteiger partial charge >= 0.3 is 5.97 Å². The Morgan fingerprint density at radius 1 is 1.00 bits per heavy atom. The number of cyclic esters (lactones) is 1. The van der Waals surface area contributed by atoms with Gasteiger partial charge in [0.1, 0.15) is 6.61 Å². The van der Waals surface area contributed by atoms with E-state index in [1.165, 1.54) is 5.57 Å². The lowest BCUT2D eigenvalue weighted by Gasteiger charge is -2.61. The zero-order valence-electron chi connectivity index (χ0n) is 16.4. The number of hydrogen-bond acceptors (Lipinski definition) is 4. The number of aliphatic hydroxyl groups is 1. The van der Waals surface area contributed by atoms with E-state index in [2.05, 4.69) is 13.8 Å². The lowest BCUT2D eigenvalue weighted by Crippen LogP contribution is -2.60. The van der Waals surface area contributed by atoms with Crippen molar-refractivity contribution in [1.29, 1.82) is 0 Å². The zero-order chi connectivity index (χ0) is 19.0. The van der Waals surface area contributed by atoms with Crippen LogP contribution in [0.2, 0.25) is 0 Å². The first-order chi connectivity index (χ1) is 12.8. The maximum atomic E-state index is 12.1. The van der Waals surface area contributed by atoms with Gasteiger partial charge < -0.3 is 9.84 Å². The van der Waals surface area contributed by atoms with E-state index in [4.69, 9.17) is 4.74 Å². The summed E-state index contributed by atoms with van der Waals surface area (Å²) in [5, 5.41) is 12.1. The van der Waals surface area contributed by atoms with Gasteiger partial charge in [-0.15, -0.1) is 0 Å². The van der Waals surface area contributed by atoms with Crippen molar-refractivity contribution in [3.05, 3.63) is 23.3 Å². The Labute approximate surface area is 161 Å². The number of esters is 1. The van der Waals surface area contributed by atoms with Crippen LogP contribution in [0.4, 0.5) is 0 Å². The molecule has 1 heterocycles. The zero-order valence-corrected chi connectivity index (χ0v) is 16.4. The van der Waals surface area contributed by atoms with Gasteiger partial charge in [-0.1, -0.05) is 19.4 Å². The molecule has 146 valence electrons. The molecule has 0 unspecified atom stereocenters. The molecule has 1 N–H and O–H groups in total. The molecule has 0 aromatic rings. The Balaban J connectivity index is 1.51. The fraction of sp³-hybridized carbons (Fsp3) is 0.739. The van der Waals surface area contributed by atoms with E-state index in [9.17, 15) is 14.7 Å². The van der Waals surface area contributed by atoms with Crippen molar-refractivity contribution in [3.8, 4) is 0 Å². The minimum atomic E-state index is -0.678. The Hall–Kier alpha value is -1.42. The van der Waals surface area contributed by atoms with Gasteiger partial charge in [-0.3, -0.25) is 4.79 Å². The van der Waals surface area contributed by atoms with Crippen molar-refractivity contribution in [1.82, 2.24) is 0 Å². The lowest BCUT2D eigenvalue weighted by atomic mass is 9.45. The average Bonchev–Trinajstić information content (AvgIpc) is 3.16. The van der Waals surface area contributed by atoms with Crippen LogP contribution in [0.5, 0.6) is 0 Å². The highest BCUT2D eigenvalue weighted by Gasteiger charge is 2.67. The Kier molecular flexibility index (Phi) is 3.64. The van der Waals surface area contributed by atoms with Gasteiger partial charge in [0.25, 0.3) is 0 Å². The third kappa shape index (κ3) is 2.19. The van der Waals surface area contributed by atoms with Gasteiger partial charge in [-0.2, -0.15) is 0 Å². The molecule has 0 aromatic heterocycles. The molecule has 27 heavy (non-hydrogen) atoms. The number of hydrogen-bond donors (Lipinski definition) is 1. The summed E-state index contributed by atoms with van der Waals surface area (Å²) in [5.41, 5.74) is 1.62. The van der Waals surface area contributed by atoms with Crippen LogP contribution in [0.3, 0.4) is 0 Å². The van der Waals surface area contributed by atoms with Gasteiger partial charge in [0, 0.05) is 17.9 Å². The Morgan fingerprint density at radius 2 is 1.81 bits per heavy atom. The Bertz CT molecular complexity index is 779. The van der Waals surface area contributed by atoms with E-state index in [0.717, 1.165) is 50.5 Å². The van der Waals surface area contributed by atoms with Crippen LogP contribution >= 0.6 is 0 Å². The van der Waals surface area contributed by atoms with Gasteiger partial charge in [0.2, 0.25) is 0 Å². The predicted molar refractivity (Wildman–Crippen MR) is 101 cm³/mol. The molecule has 0 saturated heterocycles. The fourth-order valence-electron chi connectivity index (χ4n) is 7.71. The number of ketones is 1. The van der Waals surface area contributed by atoms with Crippen molar-refractivity contribution >= 4 is 11.8 Å². The number of carbonyl (C=O) groups excluding carboxylic acids is 2. The van der Waals surface area contributed by atoms with Crippen molar-refractivity contribution in [2.45, 2.75) is 70.8 Å². The average molecular weight is 370 g/mol. The van der Waals surface area contributed by atoms with Gasteiger partial charge in [0.05, 0.1) is 5.60 Å². The highest BCUT2D eigenvalue weighted by Crippen LogP contribution is 2.69. The van der Waals surface area contributed by atoms with E-state index < -0.39 is 5.60 Å². The van der Waals surface area contributed by atoms with Crippen LogP contribution in [-0.2, 0) is 14.3 Å². The van der Waals surface area contributed by atoms with Crippen molar-refractivity contribution < 1.29 is 19.4 Å². The predicted octanol–water partition coefficient (Wildman–Crippen LogP) is 3.73. The third-order valence-corrected chi connectivity index (χ3v) is 9.28. The second-order valence-electron chi connectivity index (χ2n) is 10.1. The van der Waals surface area contributed by atoms with E-state index in [0.29, 0.717) is 18.9 Å². The summed E-state index contributed by atoms with van der Waals surface area (Å²) in [7, 11) is 0. The maximum Gasteiger partial charge on any atom is 0.331 e. The minimum Gasteiger partial charge on any atom is -0.458 e.